The summed E-state index contributed by atoms with van der Waals surface area (Å²) in [6.07, 6.45) is -0.0370. The molecule has 1 aromatic carbocycles. The van der Waals surface area contributed by atoms with Gasteiger partial charge in [0.05, 0.1) is 6.04 Å². The van der Waals surface area contributed by atoms with Crippen LogP contribution in [0.25, 0.3) is 0 Å². The lowest BCUT2D eigenvalue weighted by Gasteiger charge is -2.19. The maximum atomic E-state index is 11.7. The molecule has 4 nitrogen and oxygen atoms in total. The molecule has 0 spiro atoms. The standard InChI is InChI=1S/C12H10BrNO3/c13-9-3-1-2-7-8(9)4-6-5-10(15)14(11(6)7)12(16)17/h1-3,6,11H,4-5H2,(H,16,17). The van der Waals surface area contributed by atoms with E-state index in [1.54, 1.807) is 0 Å². The Kier molecular flexibility index (Phi) is 2.26. The van der Waals surface area contributed by atoms with Crippen LogP contribution < -0.4 is 0 Å². The Balaban J connectivity index is 2.11. The van der Waals surface area contributed by atoms with E-state index in [0.717, 1.165) is 26.9 Å². The van der Waals surface area contributed by atoms with E-state index in [-0.39, 0.29) is 17.9 Å². The second-order valence-corrected chi connectivity index (χ2v) is 5.32. The number of rotatable bonds is 0. The molecule has 3 rings (SSSR count). The van der Waals surface area contributed by atoms with E-state index < -0.39 is 6.09 Å². The van der Waals surface area contributed by atoms with Crippen LogP contribution in [0.1, 0.15) is 23.6 Å². The van der Waals surface area contributed by atoms with Gasteiger partial charge in [-0.2, -0.15) is 0 Å². The van der Waals surface area contributed by atoms with Gasteiger partial charge >= 0.3 is 6.09 Å². The minimum atomic E-state index is -1.14. The first-order chi connectivity index (χ1) is 8.09. The van der Waals surface area contributed by atoms with Gasteiger partial charge in [-0.1, -0.05) is 28.1 Å². The summed E-state index contributed by atoms with van der Waals surface area (Å²) in [5.74, 6) is -0.176. The Morgan fingerprint density at radius 1 is 1.41 bits per heavy atom. The third-order valence-electron chi connectivity index (χ3n) is 3.58. The number of hydrogen-bond donors (Lipinski definition) is 1. The molecule has 2 aliphatic rings. The maximum absolute atomic E-state index is 11.7. The fourth-order valence-corrected chi connectivity index (χ4v) is 3.48. The fourth-order valence-electron chi connectivity index (χ4n) is 2.93. The highest BCUT2D eigenvalue weighted by Crippen LogP contribution is 2.48. The normalized spacial score (nSPS) is 25.9. The highest BCUT2D eigenvalue weighted by atomic mass is 79.9. The van der Waals surface area contributed by atoms with Gasteiger partial charge < -0.3 is 5.11 Å². The molecule has 2 atom stereocenters. The summed E-state index contributed by atoms with van der Waals surface area (Å²) in [5.41, 5.74) is 2.11. The molecule has 0 saturated carbocycles. The van der Waals surface area contributed by atoms with Gasteiger partial charge in [-0.25, -0.2) is 9.69 Å². The average Bonchev–Trinajstić information content (AvgIpc) is 2.73. The minimum absolute atomic E-state index is 0.104. The molecule has 0 radical (unpaired) electrons. The maximum Gasteiger partial charge on any atom is 0.414 e. The van der Waals surface area contributed by atoms with Crippen LogP contribution in [-0.2, 0) is 11.2 Å². The van der Waals surface area contributed by atoms with Crippen molar-refractivity contribution in [1.82, 2.24) is 4.90 Å². The molecule has 1 fully saturated rings. The lowest BCUT2D eigenvalue weighted by atomic mass is 10.0. The number of fused-ring (bicyclic) bond motifs is 3. The zero-order valence-electron chi connectivity index (χ0n) is 8.89. The zero-order valence-corrected chi connectivity index (χ0v) is 10.5. The van der Waals surface area contributed by atoms with Gasteiger partial charge in [-0.05, 0) is 29.5 Å². The molecule has 5 heteroatoms. The van der Waals surface area contributed by atoms with E-state index in [9.17, 15) is 9.59 Å². The number of hydrogen-bond acceptors (Lipinski definition) is 2. The third-order valence-corrected chi connectivity index (χ3v) is 4.32. The van der Waals surface area contributed by atoms with Gasteiger partial charge in [-0.15, -0.1) is 0 Å². The summed E-state index contributed by atoms with van der Waals surface area (Å²) >= 11 is 3.48. The smallest absolute Gasteiger partial charge is 0.414 e. The van der Waals surface area contributed by atoms with Crippen molar-refractivity contribution in [2.24, 2.45) is 5.92 Å². The van der Waals surface area contributed by atoms with Crippen molar-refractivity contribution in [3.05, 3.63) is 33.8 Å². The second-order valence-electron chi connectivity index (χ2n) is 4.47. The van der Waals surface area contributed by atoms with Gasteiger partial charge in [0.15, 0.2) is 0 Å². The van der Waals surface area contributed by atoms with Crippen LogP contribution in [0, 0.1) is 5.92 Å². The first-order valence-electron chi connectivity index (χ1n) is 5.42. The molecule has 2 unspecified atom stereocenters. The Labute approximate surface area is 106 Å². The molecule has 1 aliphatic heterocycles. The molecule has 0 bridgehead atoms. The molecule has 1 aliphatic carbocycles. The van der Waals surface area contributed by atoms with Crippen LogP contribution in [0.15, 0.2) is 22.7 Å². The summed E-state index contributed by atoms with van der Waals surface area (Å²) in [7, 11) is 0. The first kappa shape index (κ1) is 10.8. The zero-order chi connectivity index (χ0) is 12.2. The number of nitrogens with zero attached hydrogens (tertiary/aromatic N) is 1. The van der Waals surface area contributed by atoms with Crippen LogP contribution >= 0.6 is 15.9 Å². The lowest BCUT2D eigenvalue weighted by Crippen LogP contribution is -2.32. The molecule has 1 aromatic rings. The Morgan fingerprint density at radius 2 is 2.18 bits per heavy atom. The number of carbonyl (C=O) groups is 2. The van der Waals surface area contributed by atoms with Crippen molar-refractivity contribution >= 4 is 27.9 Å². The van der Waals surface area contributed by atoms with E-state index in [1.165, 1.54) is 0 Å². The Bertz CT molecular complexity index is 528. The van der Waals surface area contributed by atoms with Crippen LogP contribution in [0.5, 0.6) is 0 Å². The molecule has 1 saturated heterocycles. The number of carbonyl (C=O) groups excluding carboxylic acids is 1. The SMILES string of the molecule is O=C(O)N1C(=O)CC2Cc3c(Br)cccc3C21. The van der Waals surface area contributed by atoms with E-state index in [1.807, 2.05) is 18.2 Å². The van der Waals surface area contributed by atoms with Gasteiger partial charge in [-0.3, -0.25) is 4.79 Å². The van der Waals surface area contributed by atoms with E-state index in [2.05, 4.69) is 15.9 Å². The Morgan fingerprint density at radius 3 is 2.88 bits per heavy atom. The monoisotopic (exact) mass is 295 g/mol. The van der Waals surface area contributed by atoms with E-state index in [4.69, 9.17) is 5.11 Å². The number of likely N-dealkylation sites (tertiary alicyclic amines) is 1. The van der Waals surface area contributed by atoms with Crippen LogP contribution in [0.2, 0.25) is 0 Å². The summed E-state index contributed by atoms with van der Waals surface area (Å²) < 4.78 is 1.00. The largest absolute Gasteiger partial charge is 0.465 e. The number of benzene rings is 1. The van der Waals surface area contributed by atoms with Gasteiger partial charge in [0.1, 0.15) is 0 Å². The average molecular weight is 296 g/mol. The molecule has 17 heavy (non-hydrogen) atoms. The number of imide groups is 1. The summed E-state index contributed by atoms with van der Waals surface area (Å²) in [6.45, 7) is 0. The van der Waals surface area contributed by atoms with Crippen molar-refractivity contribution in [1.29, 1.82) is 0 Å². The molecule has 1 N–H and O–H groups in total. The van der Waals surface area contributed by atoms with Crippen LogP contribution in [-0.4, -0.2) is 22.0 Å². The fraction of sp³-hybridized carbons (Fsp3) is 0.333. The molecule has 2 amide bonds. The van der Waals surface area contributed by atoms with Crippen LogP contribution in [0.4, 0.5) is 4.79 Å². The van der Waals surface area contributed by atoms with Gasteiger partial charge in [0.25, 0.3) is 0 Å². The predicted molar refractivity (Wildman–Crippen MR) is 63.6 cm³/mol. The van der Waals surface area contributed by atoms with Crippen molar-refractivity contribution < 1.29 is 14.7 Å². The molecule has 88 valence electrons. The van der Waals surface area contributed by atoms with E-state index in [0.29, 0.717) is 6.42 Å². The quantitative estimate of drug-likeness (QED) is 0.800. The Hall–Kier alpha value is -1.36. The van der Waals surface area contributed by atoms with Gasteiger partial charge in [0.2, 0.25) is 5.91 Å². The summed E-state index contributed by atoms with van der Waals surface area (Å²) in [4.78, 5) is 23.8. The molecular weight excluding hydrogens is 286 g/mol. The number of amides is 2. The molecule has 0 aromatic heterocycles. The van der Waals surface area contributed by atoms with E-state index >= 15 is 0 Å². The predicted octanol–water partition coefficient (Wildman–Crippen LogP) is 2.57. The van der Waals surface area contributed by atoms with Crippen molar-refractivity contribution in [3.63, 3.8) is 0 Å². The minimum Gasteiger partial charge on any atom is -0.465 e. The van der Waals surface area contributed by atoms with Crippen molar-refractivity contribution in [2.75, 3.05) is 0 Å². The lowest BCUT2D eigenvalue weighted by molar-refractivity contribution is -0.127. The van der Waals surface area contributed by atoms with Crippen LogP contribution in [0.3, 0.4) is 0 Å². The highest BCUT2D eigenvalue weighted by Gasteiger charge is 2.48. The molecular formula is C12H10BrNO3. The summed E-state index contributed by atoms with van der Waals surface area (Å²) in [5, 5.41) is 9.12. The highest BCUT2D eigenvalue weighted by molar-refractivity contribution is 9.10. The second kappa shape index (κ2) is 3.57. The summed E-state index contributed by atoms with van der Waals surface area (Å²) in [6, 6.07) is 5.47. The number of carboxylic acid groups (broad SMARTS) is 1. The third kappa shape index (κ3) is 1.42. The first-order valence-corrected chi connectivity index (χ1v) is 6.21. The molecule has 1 heterocycles. The van der Waals surface area contributed by atoms with Crippen molar-refractivity contribution in [2.45, 2.75) is 18.9 Å². The number of halogens is 1. The van der Waals surface area contributed by atoms with Gasteiger partial charge in [0, 0.05) is 10.9 Å². The topological polar surface area (TPSA) is 57.6 Å². The van der Waals surface area contributed by atoms with Crippen molar-refractivity contribution in [3.8, 4) is 0 Å².